The maximum Gasteiger partial charge on any atom is 0.0619 e. The molecular weight excluding hydrogens is 160 g/mol. The minimum Gasteiger partial charge on any atom is -0.396 e. The van der Waals surface area contributed by atoms with Crippen LogP contribution in [0, 0.1) is 11.8 Å². The van der Waals surface area contributed by atoms with Gasteiger partial charge >= 0.3 is 0 Å². The van der Waals surface area contributed by atoms with Gasteiger partial charge in [0, 0.05) is 25.6 Å². The van der Waals surface area contributed by atoms with E-state index in [0.29, 0.717) is 13.0 Å². The summed E-state index contributed by atoms with van der Waals surface area (Å²) < 4.78 is 4.89. The summed E-state index contributed by atoms with van der Waals surface area (Å²) in [6, 6.07) is 0. The predicted molar refractivity (Wildman–Crippen MR) is 42.6 cm³/mol. The van der Waals surface area contributed by atoms with Gasteiger partial charge in [-0.1, -0.05) is 0 Å². The van der Waals surface area contributed by atoms with E-state index in [1.807, 2.05) is 0 Å². The SMILES string of the molecule is COCC1C(O)CC(O)C1CO. The van der Waals surface area contributed by atoms with E-state index in [9.17, 15) is 10.2 Å². The van der Waals surface area contributed by atoms with Gasteiger partial charge < -0.3 is 20.1 Å². The zero-order valence-corrected chi connectivity index (χ0v) is 7.18. The van der Waals surface area contributed by atoms with Gasteiger partial charge in [0.15, 0.2) is 0 Å². The lowest BCUT2D eigenvalue weighted by Gasteiger charge is -2.20. The Morgan fingerprint density at radius 3 is 2.33 bits per heavy atom. The zero-order chi connectivity index (χ0) is 9.14. The molecule has 72 valence electrons. The van der Waals surface area contributed by atoms with Crippen LogP contribution in [0.1, 0.15) is 6.42 Å². The highest BCUT2D eigenvalue weighted by Crippen LogP contribution is 2.32. The molecular formula is C8H16O4. The second-order valence-corrected chi connectivity index (χ2v) is 3.34. The summed E-state index contributed by atoms with van der Waals surface area (Å²) >= 11 is 0. The van der Waals surface area contributed by atoms with E-state index in [1.54, 1.807) is 7.11 Å². The summed E-state index contributed by atoms with van der Waals surface area (Å²) in [6.07, 6.45) is -0.790. The predicted octanol–water partition coefficient (Wildman–Crippen LogP) is -1.02. The van der Waals surface area contributed by atoms with Crippen LogP contribution in [0.5, 0.6) is 0 Å². The number of hydrogen-bond acceptors (Lipinski definition) is 4. The van der Waals surface area contributed by atoms with Crippen molar-refractivity contribution in [3.8, 4) is 0 Å². The van der Waals surface area contributed by atoms with E-state index in [2.05, 4.69) is 0 Å². The molecule has 0 heterocycles. The average molecular weight is 176 g/mol. The molecule has 0 bridgehead atoms. The van der Waals surface area contributed by atoms with Crippen molar-refractivity contribution in [2.75, 3.05) is 20.3 Å². The summed E-state index contributed by atoms with van der Waals surface area (Å²) in [5.74, 6) is -0.366. The van der Waals surface area contributed by atoms with E-state index >= 15 is 0 Å². The van der Waals surface area contributed by atoms with Gasteiger partial charge in [-0.15, -0.1) is 0 Å². The molecule has 4 unspecified atom stereocenters. The van der Waals surface area contributed by atoms with E-state index in [-0.39, 0.29) is 18.4 Å². The van der Waals surface area contributed by atoms with Crippen LogP contribution in [0.4, 0.5) is 0 Å². The van der Waals surface area contributed by atoms with Crippen molar-refractivity contribution in [1.29, 1.82) is 0 Å². The van der Waals surface area contributed by atoms with E-state index in [0.717, 1.165) is 0 Å². The standard InChI is InChI=1S/C8H16O4/c1-12-4-6-5(3-9)7(10)2-8(6)11/h5-11H,2-4H2,1H3. The molecule has 1 rings (SSSR count). The Balaban J connectivity index is 2.55. The lowest BCUT2D eigenvalue weighted by Crippen LogP contribution is -2.28. The molecule has 0 saturated heterocycles. The molecule has 0 aromatic rings. The van der Waals surface area contributed by atoms with Crippen molar-refractivity contribution < 1.29 is 20.1 Å². The summed E-state index contributed by atoms with van der Waals surface area (Å²) in [7, 11) is 1.55. The lowest BCUT2D eigenvalue weighted by molar-refractivity contribution is 0.0234. The van der Waals surface area contributed by atoms with Crippen LogP contribution in [-0.2, 0) is 4.74 Å². The first-order chi connectivity index (χ1) is 5.70. The molecule has 1 aliphatic rings. The molecule has 0 aromatic carbocycles. The van der Waals surface area contributed by atoms with Crippen molar-refractivity contribution in [2.24, 2.45) is 11.8 Å². The topological polar surface area (TPSA) is 69.9 Å². The third-order valence-electron chi connectivity index (χ3n) is 2.59. The second kappa shape index (κ2) is 4.18. The summed E-state index contributed by atoms with van der Waals surface area (Å²) in [5.41, 5.74) is 0. The highest BCUT2D eigenvalue weighted by atomic mass is 16.5. The summed E-state index contributed by atoms with van der Waals surface area (Å²) in [5, 5.41) is 27.7. The van der Waals surface area contributed by atoms with Crippen molar-refractivity contribution in [3.63, 3.8) is 0 Å². The number of aliphatic hydroxyl groups is 3. The van der Waals surface area contributed by atoms with E-state index in [4.69, 9.17) is 9.84 Å². The van der Waals surface area contributed by atoms with Crippen molar-refractivity contribution in [2.45, 2.75) is 18.6 Å². The van der Waals surface area contributed by atoms with Crippen molar-refractivity contribution in [3.05, 3.63) is 0 Å². The Morgan fingerprint density at radius 1 is 1.25 bits per heavy atom. The lowest BCUT2D eigenvalue weighted by atomic mass is 9.95. The van der Waals surface area contributed by atoms with Crippen LogP contribution in [0.15, 0.2) is 0 Å². The average Bonchev–Trinajstić information content (AvgIpc) is 2.28. The molecule has 12 heavy (non-hydrogen) atoms. The Kier molecular flexibility index (Phi) is 3.46. The number of aliphatic hydroxyl groups excluding tert-OH is 3. The highest BCUT2D eigenvalue weighted by molar-refractivity contribution is 4.90. The Hall–Kier alpha value is -0.160. The largest absolute Gasteiger partial charge is 0.396 e. The summed E-state index contributed by atoms with van der Waals surface area (Å²) in [4.78, 5) is 0. The van der Waals surface area contributed by atoms with Gasteiger partial charge in [-0.25, -0.2) is 0 Å². The molecule has 4 heteroatoms. The Labute approximate surface area is 71.8 Å². The van der Waals surface area contributed by atoms with Gasteiger partial charge in [0.1, 0.15) is 0 Å². The fourth-order valence-corrected chi connectivity index (χ4v) is 1.85. The Morgan fingerprint density at radius 2 is 1.83 bits per heavy atom. The van der Waals surface area contributed by atoms with Gasteiger partial charge in [0.05, 0.1) is 18.8 Å². The van der Waals surface area contributed by atoms with E-state index < -0.39 is 12.2 Å². The van der Waals surface area contributed by atoms with Crippen molar-refractivity contribution >= 4 is 0 Å². The first-order valence-electron chi connectivity index (χ1n) is 4.16. The molecule has 4 nitrogen and oxygen atoms in total. The molecule has 0 amide bonds. The quantitative estimate of drug-likeness (QED) is 0.515. The monoisotopic (exact) mass is 176 g/mol. The van der Waals surface area contributed by atoms with Crippen LogP contribution in [0.25, 0.3) is 0 Å². The molecule has 1 saturated carbocycles. The van der Waals surface area contributed by atoms with Crippen LogP contribution in [0.3, 0.4) is 0 Å². The highest BCUT2D eigenvalue weighted by Gasteiger charge is 2.40. The van der Waals surface area contributed by atoms with Gasteiger partial charge in [-0.05, 0) is 6.42 Å². The van der Waals surface area contributed by atoms with Gasteiger partial charge in [0.2, 0.25) is 0 Å². The minimum atomic E-state index is -0.592. The first kappa shape index (κ1) is 9.92. The van der Waals surface area contributed by atoms with Gasteiger partial charge in [-0.2, -0.15) is 0 Å². The Bertz CT molecular complexity index is 139. The fourth-order valence-electron chi connectivity index (χ4n) is 1.85. The van der Waals surface area contributed by atoms with Crippen LogP contribution < -0.4 is 0 Å². The van der Waals surface area contributed by atoms with E-state index in [1.165, 1.54) is 0 Å². The molecule has 1 fully saturated rings. The number of hydrogen-bond donors (Lipinski definition) is 3. The zero-order valence-electron chi connectivity index (χ0n) is 7.18. The van der Waals surface area contributed by atoms with Crippen LogP contribution in [0.2, 0.25) is 0 Å². The number of rotatable bonds is 3. The fraction of sp³-hybridized carbons (Fsp3) is 1.00. The van der Waals surface area contributed by atoms with Gasteiger partial charge in [0.25, 0.3) is 0 Å². The summed E-state index contributed by atoms with van der Waals surface area (Å²) in [6.45, 7) is 0.301. The minimum absolute atomic E-state index is 0.0910. The third kappa shape index (κ3) is 1.77. The van der Waals surface area contributed by atoms with Crippen molar-refractivity contribution in [1.82, 2.24) is 0 Å². The molecule has 0 spiro atoms. The van der Waals surface area contributed by atoms with Gasteiger partial charge in [-0.3, -0.25) is 0 Å². The normalized spacial score (nSPS) is 42.0. The maximum atomic E-state index is 9.44. The first-order valence-corrected chi connectivity index (χ1v) is 4.16. The number of ether oxygens (including phenoxy) is 1. The second-order valence-electron chi connectivity index (χ2n) is 3.34. The molecule has 3 N–H and O–H groups in total. The number of methoxy groups -OCH3 is 1. The van der Waals surface area contributed by atoms with Crippen LogP contribution >= 0.6 is 0 Å². The van der Waals surface area contributed by atoms with Crippen LogP contribution in [-0.4, -0.2) is 47.9 Å². The molecule has 0 radical (unpaired) electrons. The smallest absolute Gasteiger partial charge is 0.0619 e. The molecule has 1 aliphatic carbocycles. The maximum absolute atomic E-state index is 9.44. The third-order valence-corrected chi connectivity index (χ3v) is 2.59. The molecule has 4 atom stereocenters. The molecule has 0 aliphatic heterocycles. The molecule has 0 aromatic heterocycles.